The van der Waals surface area contributed by atoms with Gasteiger partial charge in [-0.25, -0.2) is 0 Å². The van der Waals surface area contributed by atoms with Gasteiger partial charge in [0.2, 0.25) is 0 Å². The van der Waals surface area contributed by atoms with Gasteiger partial charge >= 0.3 is 6.18 Å². The molecule has 0 aromatic heterocycles. The van der Waals surface area contributed by atoms with Gasteiger partial charge in [0.1, 0.15) is 0 Å². The van der Waals surface area contributed by atoms with Crippen molar-refractivity contribution in [2.75, 3.05) is 26.5 Å². The zero-order valence-corrected chi connectivity index (χ0v) is 14.1. The molecule has 0 spiro atoms. The molecule has 0 fully saturated rings. The third kappa shape index (κ3) is 4.65. The van der Waals surface area contributed by atoms with Crippen molar-refractivity contribution >= 4 is 17.4 Å². The number of rotatable bonds is 5. The Hall–Kier alpha value is -1.66. The Kier molecular flexibility index (Phi) is 5.59. The van der Waals surface area contributed by atoms with E-state index in [2.05, 4.69) is 10.2 Å². The molecule has 2 rings (SSSR count). The second kappa shape index (κ2) is 7.27. The molecule has 0 aliphatic rings. The predicted octanol–water partition coefficient (Wildman–Crippen LogP) is 4.96. The van der Waals surface area contributed by atoms with E-state index in [0.29, 0.717) is 5.69 Å². The Bertz CT molecular complexity index is 669. The van der Waals surface area contributed by atoms with Gasteiger partial charge in [-0.3, -0.25) is 0 Å². The van der Waals surface area contributed by atoms with Crippen LogP contribution in [0.4, 0.5) is 18.9 Å². The molecule has 0 amide bonds. The lowest BCUT2D eigenvalue weighted by atomic mass is 10.2. The van der Waals surface area contributed by atoms with E-state index in [-0.39, 0.29) is 0 Å². The first-order valence-corrected chi connectivity index (χ1v) is 7.92. The molecule has 124 valence electrons. The second-order valence-corrected chi connectivity index (χ2v) is 6.49. The van der Waals surface area contributed by atoms with Crippen LogP contribution in [0.25, 0.3) is 0 Å². The van der Waals surface area contributed by atoms with Crippen LogP contribution in [0.5, 0.6) is 0 Å². The first-order chi connectivity index (χ1) is 10.8. The van der Waals surface area contributed by atoms with E-state index in [0.717, 1.165) is 34.0 Å². The predicted molar refractivity (Wildman–Crippen MR) is 88.9 cm³/mol. The number of halogens is 3. The molecule has 23 heavy (non-hydrogen) atoms. The Morgan fingerprint density at radius 2 is 1.74 bits per heavy atom. The highest BCUT2D eigenvalue weighted by Crippen LogP contribution is 2.39. The molecule has 0 bridgehead atoms. The molecule has 1 N–H and O–H groups in total. The number of alkyl halides is 3. The van der Waals surface area contributed by atoms with Crippen LogP contribution in [0.1, 0.15) is 11.1 Å². The normalized spacial score (nSPS) is 11.8. The van der Waals surface area contributed by atoms with Crippen molar-refractivity contribution in [3.05, 3.63) is 53.6 Å². The van der Waals surface area contributed by atoms with Crippen molar-refractivity contribution in [2.24, 2.45) is 0 Å². The smallest absolute Gasteiger partial charge is 0.387 e. The minimum atomic E-state index is -4.34. The van der Waals surface area contributed by atoms with Crippen LogP contribution in [0.15, 0.2) is 52.3 Å². The minimum Gasteiger partial charge on any atom is -0.387 e. The van der Waals surface area contributed by atoms with Gasteiger partial charge in [-0.05, 0) is 43.9 Å². The lowest BCUT2D eigenvalue weighted by Crippen LogP contribution is -2.11. The van der Waals surface area contributed by atoms with Gasteiger partial charge < -0.3 is 10.2 Å². The van der Waals surface area contributed by atoms with Gasteiger partial charge in [-0.2, -0.15) is 13.2 Å². The number of hydrogen-bond acceptors (Lipinski definition) is 3. The van der Waals surface area contributed by atoms with E-state index in [1.54, 1.807) is 7.05 Å². The Morgan fingerprint density at radius 3 is 2.35 bits per heavy atom. The summed E-state index contributed by atoms with van der Waals surface area (Å²) in [7, 11) is 5.60. The summed E-state index contributed by atoms with van der Waals surface area (Å²) in [5, 5.41) is 2.86. The zero-order valence-electron chi connectivity index (χ0n) is 13.2. The summed E-state index contributed by atoms with van der Waals surface area (Å²) in [6, 6.07) is 11.7. The molecule has 0 unspecified atom stereocenters. The molecule has 0 radical (unpaired) electrons. The largest absolute Gasteiger partial charge is 0.416 e. The molecular weight excluding hydrogens is 321 g/mol. The van der Waals surface area contributed by atoms with Crippen LogP contribution < -0.4 is 5.32 Å². The maximum Gasteiger partial charge on any atom is 0.416 e. The molecule has 2 aromatic carbocycles. The van der Waals surface area contributed by atoms with Gasteiger partial charge in [0.25, 0.3) is 0 Å². The topological polar surface area (TPSA) is 15.3 Å². The summed E-state index contributed by atoms with van der Waals surface area (Å²) in [6.45, 7) is 0.776. The Morgan fingerprint density at radius 1 is 1.04 bits per heavy atom. The summed E-state index contributed by atoms with van der Waals surface area (Å²) in [5.74, 6) is 0. The van der Waals surface area contributed by atoms with Crippen LogP contribution >= 0.6 is 11.8 Å². The van der Waals surface area contributed by atoms with Crippen molar-refractivity contribution in [1.29, 1.82) is 0 Å². The zero-order chi connectivity index (χ0) is 17.0. The molecule has 6 heteroatoms. The standard InChI is InChI=1S/C17H19F3N2S/c1-21-14-10-13(17(18,19)20)8-9-16(14)23-15-7-5-4-6-12(15)11-22(2)3/h4-10,21H,11H2,1-3H3. The average molecular weight is 340 g/mol. The van der Waals surface area contributed by atoms with E-state index >= 15 is 0 Å². The minimum absolute atomic E-state index is 0.476. The third-order valence-electron chi connectivity index (χ3n) is 3.26. The lowest BCUT2D eigenvalue weighted by molar-refractivity contribution is -0.137. The van der Waals surface area contributed by atoms with E-state index in [9.17, 15) is 13.2 Å². The maximum atomic E-state index is 12.8. The van der Waals surface area contributed by atoms with Crippen LogP contribution in [-0.4, -0.2) is 26.0 Å². The van der Waals surface area contributed by atoms with Gasteiger partial charge in [-0.15, -0.1) is 0 Å². The first kappa shape index (κ1) is 17.7. The lowest BCUT2D eigenvalue weighted by Gasteiger charge is -2.16. The number of benzene rings is 2. The fraction of sp³-hybridized carbons (Fsp3) is 0.294. The number of anilines is 1. The van der Waals surface area contributed by atoms with Crippen LogP contribution in [-0.2, 0) is 12.7 Å². The van der Waals surface area contributed by atoms with E-state index in [1.165, 1.54) is 17.8 Å². The number of nitrogens with zero attached hydrogens (tertiary/aromatic N) is 1. The summed E-state index contributed by atoms with van der Waals surface area (Å²) in [4.78, 5) is 3.87. The van der Waals surface area contributed by atoms with E-state index < -0.39 is 11.7 Å². The van der Waals surface area contributed by atoms with Crippen molar-refractivity contribution in [3.63, 3.8) is 0 Å². The van der Waals surface area contributed by atoms with Crippen LogP contribution in [0.2, 0.25) is 0 Å². The molecule has 0 saturated heterocycles. The molecule has 0 atom stereocenters. The Balaban J connectivity index is 2.34. The first-order valence-electron chi connectivity index (χ1n) is 7.10. The molecule has 2 aromatic rings. The van der Waals surface area contributed by atoms with E-state index in [4.69, 9.17) is 0 Å². The molecule has 0 saturated carbocycles. The number of nitrogens with one attached hydrogen (secondary N) is 1. The highest BCUT2D eigenvalue weighted by molar-refractivity contribution is 7.99. The number of hydrogen-bond donors (Lipinski definition) is 1. The van der Waals surface area contributed by atoms with Gasteiger partial charge in [0, 0.05) is 29.1 Å². The summed E-state index contributed by atoms with van der Waals surface area (Å²) in [6.07, 6.45) is -4.34. The van der Waals surface area contributed by atoms with Crippen molar-refractivity contribution < 1.29 is 13.2 Å². The second-order valence-electron chi connectivity index (χ2n) is 5.41. The van der Waals surface area contributed by atoms with Gasteiger partial charge in [0.05, 0.1) is 5.56 Å². The average Bonchev–Trinajstić information content (AvgIpc) is 2.48. The fourth-order valence-electron chi connectivity index (χ4n) is 2.18. The monoisotopic (exact) mass is 340 g/mol. The maximum absolute atomic E-state index is 12.8. The van der Waals surface area contributed by atoms with Crippen molar-refractivity contribution in [3.8, 4) is 0 Å². The van der Waals surface area contributed by atoms with Crippen LogP contribution in [0, 0.1) is 0 Å². The summed E-state index contributed by atoms with van der Waals surface area (Å²) < 4.78 is 38.5. The highest BCUT2D eigenvalue weighted by Gasteiger charge is 2.31. The molecule has 0 aliphatic heterocycles. The van der Waals surface area contributed by atoms with Gasteiger partial charge in [-0.1, -0.05) is 30.0 Å². The molecule has 0 heterocycles. The molecule has 2 nitrogen and oxygen atoms in total. The highest BCUT2D eigenvalue weighted by atomic mass is 32.2. The van der Waals surface area contributed by atoms with Crippen molar-refractivity contribution in [1.82, 2.24) is 4.90 Å². The third-order valence-corrected chi connectivity index (χ3v) is 4.45. The summed E-state index contributed by atoms with van der Waals surface area (Å²) >= 11 is 1.47. The van der Waals surface area contributed by atoms with Gasteiger partial charge in [0.15, 0.2) is 0 Å². The van der Waals surface area contributed by atoms with Crippen molar-refractivity contribution in [2.45, 2.75) is 22.5 Å². The quantitative estimate of drug-likeness (QED) is 0.828. The SMILES string of the molecule is CNc1cc(C(F)(F)F)ccc1Sc1ccccc1CN(C)C. The summed E-state index contributed by atoms with van der Waals surface area (Å²) in [5.41, 5.74) is 0.974. The fourth-order valence-corrected chi connectivity index (χ4v) is 3.24. The Labute approximate surface area is 138 Å². The van der Waals surface area contributed by atoms with Crippen LogP contribution in [0.3, 0.4) is 0 Å². The van der Waals surface area contributed by atoms with E-state index in [1.807, 2.05) is 38.4 Å². The molecule has 0 aliphatic carbocycles. The molecular formula is C17H19F3N2S.